The van der Waals surface area contributed by atoms with Gasteiger partial charge in [-0.15, -0.1) is 0 Å². The molecule has 0 fully saturated rings. The van der Waals surface area contributed by atoms with Crippen LogP contribution in [0.2, 0.25) is 5.02 Å². The van der Waals surface area contributed by atoms with Crippen molar-refractivity contribution in [1.82, 2.24) is 0 Å². The van der Waals surface area contributed by atoms with Crippen molar-refractivity contribution in [2.75, 3.05) is 18.5 Å². The van der Waals surface area contributed by atoms with Gasteiger partial charge in [0.15, 0.2) is 0 Å². The van der Waals surface area contributed by atoms with Crippen LogP contribution in [0.1, 0.15) is 17.2 Å². The van der Waals surface area contributed by atoms with Gasteiger partial charge in [-0.1, -0.05) is 29.8 Å². The summed E-state index contributed by atoms with van der Waals surface area (Å²) in [7, 11) is 1.54. The highest BCUT2D eigenvalue weighted by Gasteiger charge is 2.22. The maximum Gasteiger partial charge on any atom is 0.240 e. The third-order valence-corrected chi connectivity index (χ3v) is 3.63. The smallest absolute Gasteiger partial charge is 0.240 e. The number of aliphatic hydroxyl groups is 1. The highest BCUT2D eigenvalue weighted by atomic mass is 35.5. The first-order chi connectivity index (χ1) is 10.5. The van der Waals surface area contributed by atoms with Crippen LogP contribution >= 0.6 is 11.6 Å². The van der Waals surface area contributed by atoms with Crippen LogP contribution in [0.3, 0.4) is 0 Å². The number of rotatable bonds is 4. The number of carbonyl (C=O) groups is 1. The van der Waals surface area contributed by atoms with Gasteiger partial charge in [-0.25, -0.2) is 4.39 Å². The van der Waals surface area contributed by atoms with Gasteiger partial charge in [0.1, 0.15) is 11.9 Å². The number of likely N-dealkylation sites (N-methyl/N-ethyl adjacent to an activating group) is 1. The molecule has 3 N–H and O–H groups in total. The molecule has 1 unspecified atom stereocenters. The van der Waals surface area contributed by atoms with Crippen molar-refractivity contribution in [2.24, 2.45) is 5.73 Å². The summed E-state index contributed by atoms with van der Waals surface area (Å²) >= 11 is 5.97. The van der Waals surface area contributed by atoms with E-state index in [2.05, 4.69) is 0 Å². The van der Waals surface area contributed by atoms with Crippen LogP contribution in [0.4, 0.5) is 10.1 Å². The third kappa shape index (κ3) is 3.27. The third-order valence-electron chi connectivity index (χ3n) is 3.39. The lowest BCUT2D eigenvalue weighted by atomic mass is 9.99. The Hall–Kier alpha value is -1.95. The van der Waals surface area contributed by atoms with Crippen LogP contribution in [0.15, 0.2) is 42.5 Å². The molecule has 116 valence electrons. The van der Waals surface area contributed by atoms with E-state index < -0.39 is 11.9 Å². The molecule has 0 aliphatic rings. The van der Waals surface area contributed by atoms with Crippen molar-refractivity contribution in [3.63, 3.8) is 0 Å². The molecule has 2 rings (SSSR count). The van der Waals surface area contributed by atoms with Crippen LogP contribution < -0.4 is 10.6 Å². The number of anilines is 1. The summed E-state index contributed by atoms with van der Waals surface area (Å²) in [6, 6.07) is 10.6. The van der Waals surface area contributed by atoms with Gasteiger partial charge in [0.25, 0.3) is 0 Å². The minimum absolute atomic E-state index is 0.111. The molecule has 6 heteroatoms. The van der Waals surface area contributed by atoms with Gasteiger partial charge in [-0.3, -0.25) is 4.79 Å². The topological polar surface area (TPSA) is 66.6 Å². The number of hydrogen-bond donors (Lipinski definition) is 2. The number of halogens is 2. The summed E-state index contributed by atoms with van der Waals surface area (Å²) in [5.74, 6) is -0.863. The molecule has 0 aromatic heterocycles. The first kappa shape index (κ1) is 16.4. The normalized spacial score (nSPS) is 12.0. The molecule has 0 bridgehead atoms. The van der Waals surface area contributed by atoms with E-state index in [1.54, 1.807) is 18.2 Å². The van der Waals surface area contributed by atoms with Crippen molar-refractivity contribution < 1.29 is 14.3 Å². The van der Waals surface area contributed by atoms with Gasteiger partial charge >= 0.3 is 0 Å². The second-order valence-electron chi connectivity index (χ2n) is 4.78. The summed E-state index contributed by atoms with van der Waals surface area (Å²) < 4.78 is 13.9. The summed E-state index contributed by atoms with van der Waals surface area (Å²) in [5.41, 5.74) is 6.23. The summed E-state index contributed by atoms with van der Waals surface area (Å²) in [4.78, 5) is 13.1. The van der Waals surface area contributed by atoms with Crippen molar-refractivity contribution in [3.8, 4) is 0 Å². The van der Waals surface area contributed by atoms with Crippen molar-refractivity contribution in [2.45, 2.75) is 6.10 Å². The molecule has 2 aromatic carbocycles. The zero-order chi connectivity index (χ0) is 16.3. The zero-order valence-corrected chi connectivity index (χ0v) is 12.7. The summed E-state index contributed by atoms with van der Waals surface area (Å²) in [5, 5.41) is 10.9. The molecule has 0 spiro atoms. The molecule has 0 aliphatic heterocycles. The van der Waals surface area contributed by atoms with Gasteiger partial charge in [0, 0.05) is 28.9 Å². The Bertz CT molecular complexity index is 694. The standard InChI is InChI=1S/C16H16ClFN2O2/c1-20(15(21)9-19)14-7-6-10(17)8-12(14)16(22)11-4-2-3-5-13(11)18/h2-8,16,22H,9,19H2,1H3. The van der Waals surface area contributed by atoms with Crippen LogP contribution in [-0.2, 0) is 4.79 Å². The minimum atomic E-state index is -1.25. The second kappa shape index (κ2) is 6.87. The number of nitrogens with two attached hydrogens (primary N) is 1. The Morgan fingerprint density at radius 3 is 2.64 bits per heavy atom. The summed E-state index contributed by atoms with van der Waals surface area (Å²) in [6.45, 7) is -0.172. The molecule has 0 heterocycles. The lowest BCUT2D eigenvalue weighted by molar-refractivity contribution is -0.117. The van der Waals surface area contributed by atoms with Crippen molar-refractivity contribution in [3.05, 3.63) is 64.4 Å². The number of carbonyl (C=O) groups excluding carboxylic acids is 1. The van der Waals surface area contributed by atoms with Crippen LogP contribution in [0.25, 0.3) is 0 Å². The summed E-state index contributed by atoms with van der Waals surface area (Å²) in [6.07, 6.45) is -1.25. The number of benzene rings is 2. The number of aliphatic hydroxyl groups excluding tert-OH is 1. The molecule has 0 saturated heterocycles. The average molecular weight is 323 g/mol. The average Bonchev–Trinajstić information content (AvgIpc) is 2.53. The van der Waals surface area contributed by atoms with E-state index in [1.165, 1.54) is 36.2 Å². The maximum atomic E-state index is 13.9. The first-order valence-electron chi connectivity index (χ1n) is 6.64. The number of hydrogen-bond acceptors (Lipinski definition) is 3. The van der Waals surface area contributed by atoms with Gasteiger partial charge in [-0.05, 0) is 24.3 Å². The van der Waals surface area contributed by atoms with Crippen LogP contribution in [0, 0.1) is 5.82 Å². The fraction of sp³-hybridized carbons (Fsp3) is 0.188. The minimum Gasteiger partial charge on any atom is -0.383 e. The lowest BCUT2D eigenvalue weighted by Gasteiger charge is -2.23. The van der Waals surface area contributed by atoms with Crippen molar-refractivity contribution in [1.29, 1.82) is 0 Å². The Kier molecular flexibility index (Phi) is 5.13. The van der Waals surface area contributed by atoms with E-state index in [-0.39, 0.29) is 18.0 Å². The van der Waals surface area contributed by atoms with Crippen LogP contribution in [0.5, 0.6) is 0 Å². The SMILES string of the molecule is CN(C(=O)CN)c1ccc(Cl)cc1C(O)c1ccccc1F. The van der Waals surface area contributed by atoms with Gasteiger partial charge in [0.2, 0.25) is 5.91 Å². The van der Waals surface area contributed by atoms with E-state index >= 15 is 0 Å². The highest BCUT2D eigenvalue weighted by Crippen LogP contribution is 2.33. The Morgan fingerprint density at radius 2 is 2.00 bits per heavy atom. The molecular weight excluding hydrogens is 307 g/mol. The lowest BCUT2D eigenvalue weighted by Crippen LogP contribution is -2.33. The molecule has 4 nitrogen and oxygen atoms in total. The van der Waals surface area contributed by atoms with E-state index in [0.717, 1.165) is 0 Å². The first-order valence-corrected chi connectivity index (χ1v) is 7.02. The largest absolute Gasteiger partial charge is 0.383 e. The predicted octanol–water partition coefficient (Wildman–Crippen LogP) is 2.48. The maximum absolute atomic E-state index is 13.9. The Labute approximate surface area is 132 Å². The molecule has 0 saturated carbocycles. The Morgan fingerprint density at radius 1 is 1.32 bits per heavy atom. The molecule has 1 atom stereocenters. The fourth-order valence-electron chi connectivity index (χ4n) is 2.19. The van der Waals surface area contributed by atoms with E-state index in [4.69, 9.17) is 17.3 Å². The predicted molar refractivity (Wildman–Crippen MR) is 84.4 cm³/mol. The van der Waals surface area contributed by atoms with Gasteiger partial charge < -0.3 is 15.7 Å². The van der Waals surface area contributed by atoms with Crippen LogP contribution in [-0.4, -0.2) is 24.6 Å². The fourth-order valence-corrected chi connectivity index (χ4v) is 2.37. The molecule has 2 aromatic rings. The van der Waals surface area contributed by atoms with E-state index in [1.807, 2.05) is 0 Å². The van der Waals surface area contributed by atoms with Gasteiger partial charge in [0.05, 0.1) is 6.54 Å². The molecule has 0 aliphatic carbocycles. The molecule has 1 amide bonds. The van der Waals surface area contributed by atoms with Gasteiger partial charge in [-0.2, -0.15) is 0 Å². The van der Waals surface area contributed by atoms with E-state index in [0.29, 0.717) is 16.3 Å². The number of amides is 1. The molecular formula is C16H16ClFN2O2. The Balaban J connectivity index is 2.52. The molecule has 22 heavy (non-hydrogen) atoms. The monoisotopic (exact) mass is 322 g/mol. The number of nitrogens with zero attached hydrogens (tertiary/aromatic N) is 1. The second-order valence-corrected chi connectivity index (χ2v) is 5.22. The van der Waals surface area contributed by atoms with E-state index in [9.17, 15) is 14.3 Å². The van der Waals surface area contributed by atoms with Crippen molar-refractivity contribution >= 4 is 23.2 Å². The highest BCUT2D eigenvalue weighted by molar-refractivity contribution is 6.30. The molecule has 0 radical (unpaired) electrons. The quantitative estimate of drug-likeness (QED) is 0.908. The zero-order valence-electron chi connectivity index (χ0n) is 12.0.